The minimum absolute atomic E-state index is 0.119. The van der Waals surface area contributed by atoms with Crippen LogP contribution >= 0.6 is 0 Å². The molecule has 2 aromatic carbocycles. The third-order valence-electron chi connectivity index (χ3n) is 6.29. The maximum Gasteiger partial charge on any atom is 0.263 e. The molecule has 0 aliphatic rings. The van der Waals surface area contributed by atoms with Gasteiger partial charge in [-0.15, -0.1) is 0 Å². The lowest BCUT2D eigenvalue weighted by molar-refractivity contribution is 0.772. The Bertz CT molecular complexity index is 1800. The Kier molecular flexibility index (Phi) is 6.12. The third-order valence-corrected chi connectivity index (χ3v) is 6.29. The highest BCUT2D eigenvalue weighted by Crippen LogP contribution is 2.31. The summed E-state index contributed by atoms with van der Waals surface area (Å²) in [7, 11) is 1.69. The Morgan fingerprint density at radius 3 is 2.54 bits per heavy atom. The van der Waals surface area contributed by atoms with Gasteiger partial charge in [0.2, 0.25) is 11.2 Å². The maximum atomic E-state index is 14.2. The molecule has 8 nitrogen and oxygen atoms in total. The average molecular weight is 489 g/mol. The Morgan fingerprint density at radius 1 is 1.03 bits per heavy atom. The minimum atomic E-state index is -0.367. The van der Waals surface area contributed by atoms with Gasteiger partial charge in [0.05, 0.1) is 18.0 Å². The number of aryl methyl sites for hydroxylation is 2. The van der Waals surface area contributed by atoms with Crippen LogP contribution in [0.2, 0.25) is 0 Å². The molecule has 1 N–H and O–H groups in total. The minimum Gasteiger partial charge on any atom is -0.371 e. The summed E-state index contributed by atoms with van der Waals surface area (Å²) in [5, 5.41) is 4.65. The van der Waals surface area contributed by atoms with Crippen molar-refractivity contribution in [3.63, 3.8) is 0 Å². The summed E-state index contributed by atoms with van der Waals surface area (Å²) in [6, 6.07) is 20.0. The number of aromatic nitrogens is 4. The van der Waals surface area contributed by atoms with Crippen molar-refractivity contribution in [1.29, 1.82) is 0 Å². The van der Waals surface area contributed by atoms with Gasteiger partial charge in [-0.3, -0.25) is 19.1 Å². The van der Waals surface area contributed by atoms with Gasteiger partial charge in [-0.05, 0) is 54.6 Å². The number of rotatable bonds is 5. The van der Waals surface area contributed by atoms with Crippen LogP contribution in [-0.4, -0.2) is 19.1 Å². The van der Waals surface area contributed by atoms with Gasteiger partial charge in [-0.25, -0.2) is 9.83 Å². The number of benzene rings is 2. The van der Waals surface area contributed by atoms with Crippen LogP contribution in [0.15, 0.2) is 88.7 Å². The Hall–Kier alpha value is -5.03. The van der Waals surface area contributed by atoms with Gasteiger partial charge in [0.1, 0.15) is 11.6 Å². The molecule has 0 spiro atoms. The fraction of sp³-hybridized carbons (Fsp3) is 0.138. The average Bonchev–Trinajstić information content (AvgIpc) is 2.90. The van der Waals surface area contributed by atoms with E-state index in [9.17, 15) is 9.59 Å². The van der Waals surface area contributed by atoms with E-state index in [1.165, 1.54) is 16.8 Å². The van der Waals surface area contributed by atoms with Crippen molar-refractivity contribution in [2.45, 2.75) is 19.9 Å². The number of hydrogen-bond acceptors (Lipinski definition) is 5. The lowest BCUT2D eigenvalue weighted by Gasteiger charge is -2.22. The third kappa shape index (κ3) is 4.39. The van der Waals surface area contributed by atoms with Crippen molar-refractivity contribution in [2.24, 2.45) is 7.05 Å². The molecule has 0 fully saturated rings. The van der Waals surface area contributed by atoms with E-state index in [4.69, 9.17) is 6.57 Å². The highest BCUT2D eigenvalue weighted by Gasteiger charge is 2.20. The molecule has 0 saturated heterocycles. The first-order chi connectivity index (χ1) is 17.9. The predicted molar refractivity (Wildman–Crippen MR) is 145 cm³/mol. The molecule has 1 atom stereocenters. The van der Waals surface area contributed by atoms with Crippen LogP contribution in [0.5, 0.6) is 0 Å². The molecule has 5 rings (SSSR count). The molecule has 3 aromatic heterocycles. The summed E-state index contributed by atoms with van der Waals surface area (Å²) in [5.41, 5.74) is 2.97. The number of hydrogen-bond donors (Lipinski definition) is 1. The van der Waals surface area contributed by atoms with Crippen molar-refractivity contribution in [3.8, 4) is 16.8 Å². The van der Waals surface area contributed by atoms with Crippen LogP contribution in [0.3, 0.4) is 0 Å². The SMILES string of the molecule is [C-]#[N+]c1cnc(C)nc1N[C@@H](C)c1cc2cccc(-c3ccc(=O)n(C)c3)c2c(=O)n1-c1ccccc1. The predicted octanol–water partition coefficient (Wildman–Crippen LogP) is 5.18. The van der Waals surface area contributed by atoms with Crippen molar-refractivity contribution in [2.75, 3.05) is 5.32 Å². The van der Waals surface area contributed by atoms with Gasteiger partial charge in [0.15, 0.2) is 0 Å². The topological polar surface area (TPSA) is 86.2 Å². The van der Waals surface area contributed by atoms with E-state index in [0.717, 1.165) is 22.2 Å². The molecular weight excluding hydrogens is 464 g/mol. The zero-order valence-electron chi connectivity index (χ0n) is 20.6. The van der Waals surface area contributed by atoms with Gasteiger partial charge >= 0.3 is 0 Å². The van der Waals surface area contributed by atoms with E-state index >= 15 is 0 Å². The zero-order valence-corrected chi connectivity index (χ0v) is 20.6. The van der Waals surface area contributed by atoms with E-state index in [-0.39, 0.29) is 17.2 Å². The largest absolute Gasteiger partial charge is 0.371 e. The van der Waals surface area contributed by atoms with Gasteiger partial charge in [-0.2, -0.15) is 0 Å². The van der Waals surface area contributed by atoms with Crippen molar-refractivity contribution in [1.82, 2.24) is 19.1 Å². The summed E-state index contributed by atoms with van der Waals surface area (Å²) in [4.78, 5) is 38.3. The molecule has 0 saturated carbocycles. The lowest BCUT2D eigenvalue weighted by Crippen LogP contribution is -2.26. The van der Waals surface area contributed by atoms with E-state index in [1.54, 1.807) is 30.8 Å². The Labute approximate surface area is 213 Å². The number of nitrogens with zero attached hydrogens (tertiary/aromatic N) is 5. The molecule has 0 amide bonds. The zero-order chi connectivity index (χ0) is 26.1. The van der Waals surface area contributed by atoms with Crippen LogP contribution in [0.25, 0.3) is 32.4 Å². The van der Waals surface area contributed by atoms with Crippen LogP contribution in [0.1, 0.15) is 24.5 Å². The van der Waals surface area contributed by atoms with Gasteiger partial charge in [-0.1, -0.05) is 36.4 Å². The van der Waals surface area contributed by atoms with Crippen LogP contribution < -0.4 is 16.4 Å². The number of nitrogens with one attached hydrogen (secondary N) is 1. The molecule has 0 unspecified atom stereocenters. The second-order valence-electron chi connectivity index (χ2n) is 8.81. The van der Waals surface area contributed by atoms with E-state index in [2.05, 4.69) is 20.1 Å². The quantitative estimate of drug-likeness (QED) is 0.345. The van der Waals surface area contributed by atoms with E-state index in [1.807, 2.05) is 61.5 Å². The fourth-order valence-corrected chi connectivity index (χ4v) is 4.47. The molecule has 0 radical (unpaired) electrons. The molecule has 0 aliphatic heterocycles. The maximum absolute atomic E-state index is 14.2. The summed E-state index contributed by atoms with van der Waals surface area (Å²) in [5.74, 6) is 0.962. The van der Waals surface area contributed by atoms with Gasteiger partial charge in [0.25, 0.3) is 5.56 Å². The fourth-order valence-electron chi connectivity index (χ4n) is 4.47. The summed E-state index contributed by atoms with van der Waals surface area (Å²) in [6.45, 7) is 11.2. The molecule has 37 heavy (non-hydrogen) atoms. The van der Waals surface area contributed by atoms with Crippen LogP contribution in [-0.2, 0) is 7.05 Å². The Morgan fingerprint density at radius 2 is 1.81 bits per heavy atom. The number of pyridine rings is 2. The van der Waals surface area contributed by atoms with Gasteiger partial charge < -0.3 is 9.88 Å². The van der Waals surface area contributed by atoms with Crippen molar-refractivity contribution in [3.05, 3.63) is 123 Å². The smallest absolute Gasteiger partial charge is 0.263 e. The highest BCUT2D eigenvalue weighted by molar-refractivity contribution is 5.96. The first-order valence-electron chi connectivity index (χ1n) is 11.8. The van der Waals surface area contributed by atoms with Crippen LogP contribution in [0, 0.1) is 13.5 Å². The lowest BCUT2D eigenvalue weighted by atomic mass is 9.98. The van der Waals surface area contributed by atoms with Crippen molar-refractivity contribution >= 4 is 22.3 Å². The standard InChI is InChI=1S/C29H24N6O2/c1-18(32-28-24(30-3)16-31-19(2)33-28)25-15-20-9-8-12-23(21-13-14-26(36)34(4)17-21)27(20)29(37)35(25)22-10-6-5-7-11-22/h5-18H,1-2,4H3,(H,31,32,33)/t18-/m0/s1. The summed E-state index contributed by atoms with van der Waals surface area (Å²) < 4.78 is 3.19. The summed E-state index contributed by atoms with van der Waals surface area (Å²) in [6.07, 6.45) is 3.24. The van der Waals surface area contributed by atoms with Gasteiger partial charge in [0, 0.05) is 36.9 Å². The molecule has 8 heteroatoms. The first kappa shape index (κ1) is 23.7. The van der Waals surface area contributed by atoms with Crippen molar-refractivity contribution < 1.29 is 0 Å². The second-order valence-corrected chi connectivity index (χ2v) is 8.81. The van der Waals surface area contributed by atoms with E-state index in [0.29, 0.717) is 28.4 Å². The number of para-hydroxylation sites is 1. The molecular formula is C29H24N6O2. The molecule has 182 valence electrons. The van der Waals surface area contributed by atoms with E-state index < -0.39 is 0 Å². The monoisotopic (exact) mass is 488 g/mol. The molecule has 0 aliphatic carbocycles. The second kappa shape index (κ2) is 9.55. The summed E-state index contributed by atoms with van der Waals surface area (Å²) >= 11 is 0. The molecule has 0 bridgehead atoms. The highest BCUT2D eigenvalue weighted by atomic mass is 16.1. The first-order valence-corrected chi connectivity index (χ1v) is 11.8. The van der Waals surface area contributed by atoms with Crippen LogP contribution in [0.4, 0.5) is 11.5 Å². The Balaban J connectivity index is 1.76. The molecule has 3 heterocycles. The normalized spacial score (nSPS) is 11.7. The number of fused-ring (bicyclic) bond motifs is 1. The molecule has 5 aromatic rings. The number of anilines is 1.